The number of nitrogens with one attached hydrogen (secondary N) is 1. The summed E-state index contributed by atoms with van der Waals surface area (Å²) in [5, 5.41) is 11.6. The predicted octanol–water partition coefficient (Wildman–Crippen LogP) is 4.16. The Hall–Kier alpha value is -1.49. The van der Waals surface area contributed by atoms with Crippen molar-refractivity contribution < 1.29 is 14.7 Å². The highest BCUT2D eigenvalue weighted by Crippen LogP contribution is 2.18. The van der Waals surface area contributed by atoms with Gasteiger partial charge in [0.1, 0.15) is 0 Å². The van der Waals surface area contributed by atoms with Crippen LogP contribution in [0.2, 0.25) is 0 Å². The van der Waals surface area contributed by atoms with E-state index >= 15 is 0 Å². The van der Waals surface area contributed by atoms with Crippen molar-refractivity contribution in [3.63, 3.8) is 0 Å². The molecule has 22 heavy (non-hydrogen) atoms. The predicted molar refractivity (Wildman–Crippen MR) is 92.2 cm³/mol. The van der Waals surface area contributed by atoms with Crippen LogP contribution < -0.4 is 5.32 Å². The quantitative estimate of drug-likeness (QED) is 0.635. The number of amides is 1. The van der Waals surface area contributed by atoms with Gasteiger partial charge in [0.25, 0.3) is 0 Å². The Bertz CT molecular complexity index is 491. The number of carbonyl (C=O) groups is 2. The molecule has 0 aliphatic carbocycles. The molecule has 0 radical (unpaired) electrons. The Morgan fingerprint density at radius 3 is 2.82 bits per heavy atom. The number of carboxylic acid groups (broad SMARTS) is 1. The molecule has 1 aromatic carbocycles. The van der Waals surface area contributed by atoms with Crippen molar-refractivity contribution in [2.45, 2.75) is 45.3 Å². The van der Waals surface area contributed by atoms with Gasteiger partial charge < -0.3 is 10.4 Å². The summed E-state index contributed by atoms with van der Waals surface area (Å²) in [5.74, 6) is 0.662. The highest BCUT2D eigenvalue weighted by Gasteiger charge is 2.12. The third-order valence-electron chi connectivity index (χ3n) is 3.36. The third kappa shape index (κ3) is 7.50. The van der Waals surface area contributed by atoms with Crippen LogP contribution in [0.3, 0.4) is 0 Å². The highest BCUT2D eigenvalue weighted by molar-refractivity contribution is 7.98. The molecule has 0 bridgehead atoms. The molecule has 1 aromatic rings. The second-order valence-electron chi connectivity index (χ2n) is 5.43. The molecule has 1 amide bonds. The van der Waals surface area contributed by atoms with E-state index in [1.54, 1.807) is 11.8 Å². The molecule has 1 rings (SSSR count). The first kappa shape index (κ1) is 18.6. The second kappa shape index (κ2) is 10.3. The molecule has 2 N–H and O–H groups in total. The van der Waals surface area contributed by atoms with E-state index in [9.17, 15) is 9.59 Å². The van der Waals surface area contributed by atoms with Crippen molar-refractivity contribution >= 4 is 29.3 Å². The summed E-state index contributed by atoms with van der Waals surface area (Å²) in [6.45, 7) is 4.08. The van der Waals surface area contributed by atoms with Crippen LogP contribution in [0.25, 0.3) is 0 Å². The largest absolute Gasteiger partial charge is 0.481 e. The summed E-state index contributed by atoms with van der Waals surface area (Å²) >= 11 is 1.59. The van der Waals surface area contributed by atoms with Crippen LogP contribution in [0, 0.1) is 5.92 Å². The van der Waals surface area contributed by atoms with E-state index in [1.807, 2.05) is 31.2 Å². The van der Waals surface area contributed by atoms with Crippen molar-refractivity contribution in [1.29, 1.82) is 0 Å². The van der Waals surface area contributed by atoms with E-state index in [4.69, 9.17) is 5.11 Å². The summed E-state index contributed by atoms with van der Waals surface area (Å²) in [7, 11) is 0. The summed E-state index contributed by atoms with van der Waals surface area (Å²) in [6.07, 6.45) is 3.25. The topological polar surface area (TPSA) is 66.4 Å². The molecule has 0 fully saturated rings. The summed E-state index contributed by atoms with van der Waals surface area (Å²) in [4.78, 5) is 22.5. The lowest BCUT2D eigenvalue weighted by atomic mass is 10.0. The fourth-order valence-corrected chi connectivity index (χ4v) is 2.87. The van der Waals surface area contributed by atoms with Gasteiger partial charge in [0.15, 0.2) is 0 Å². The average molecular weight is 323 g/mol. The first-order valence-corrected chi connectivity index (χ1v) is 8.87. The minimum absolute atomic E-state index is 0.0218. The van der Waals surface area contributed by atoms with Gasteiger partial charge >= 0.3 is 5.97 Å². The maximum Gasteiger partial charge on any atom is 0.304 e. The van der Waals surface area contributed by atoms with Gasteiger partial charge in [-0.05, 0) is 24.1 Å². The van der Waals surface area contributed by atoms with Gasteiger partial charge in [-0.3, -0.25) is 9.59 Å². The number of aliphatic carboxylic acids is 1. The van der Waals surface area contributed by atoms with Gasteiger partial charge in [0.2, 0.25) is 5.91 Å². The average Bonchev–Trinajstić information content (AvgIpc) is 2.49. The molecule has 122 valence electrons. The fourth-order valence-electron chi connectivity index (χ4n) is 2.00. The smallest absolute Gasteiger partial charge is 0.304 e. The molecule has 5 heteroatoms. The number of anilines is 1. The van der Waals surface area contributed by atoms with E-state index in [-0.39, 0.29) is 18.2 Å². The van der Waals surface area contributed by atoms with Crippen LogP contribution in [-0.2, 0) is 15.3 Å². The Morgan fingerprint density at radius 1 is 1.36 bits per heavy atom. The number of carboxylic acids is 1. The van der Waals surface area contributed by atoms with Crippen LogP contribution in [0.5, 0.6) is 0 Å². The maximum absolute atomic E-state index is 12.1. The van der Waals surface area contributed by atoms with Crippen molar-refractivity contribution in [1.82, 2.24) is 0 Å². The Balaban J connectivity index is 2.46. The molecule has 0 saturated carbocycles. The maximum atomic E-state index is 12.1. The van der Waals surface area contributed by atoms with Gasteiger partial charge in [-0.2, -0.15) is 11.8 Å². The molecule has 0 aromatic heterocycles. The summed E-state index contributed by atoms with van der Waals surface area (Å²) in [6, 6.07) is 7.75. The van der Waals surface area contributed by atoms with Gasteiger partial charge in [0, 0.05) is 23.1 Å². The van der Waals surface area contributed by atoms with Crippen molar-refractivity contribution in [3.8, 4) is 0 Å². The zero-order valence-electron chi connectivity index (χ0n) is 13.3. The minimum Gasteiger partial charge on any atom is -0.481 e. The second-order valence-corrected chi connectivity index (χ2v) is 6.53. The highest BCUT2D eigenvalue weighted by atomic mass is 32.2. The lowest BCUT2D eigenvalue weighted by molar-refractivity contribution is -0.136. The first-order chi connectivity index (χ1) is 10.5. The number of thioether (sulfide) groups is 1. The van der Waals surface area contributed by atoms with E-state index in [0.717, 1.165) is 36.3 Å². The molecular formula is C17H25NO3S. The van der Waals surface area contributed by atoms with Crippen molar-refractivity contribution in [2.75, 3.05) is 11.1 Å². The first-order valence-electron chi connectivity index (χ1n) is 7.72. The molecule has 0 aliphatic heterocycles. The molecule has 0 saturated heterocycles. The van der Waals surface area contributed by atoms with Gasteiger partial charge in [-0.25, -0.2) is 0 Å². The number of rotatable bonds is 10. The monoisotopic (exact) mass is 323 g/mol. The standard InChI is InChI=1S/C17H25NO3S/c1-3-4-6-13(2)17(21)18-15-8-5-7-14(11-15)12-22-10-9-16(19)20/h5,7-8,11,13H,3-4,6,9-10,12H2,1-2H3,(H,18,21)(H,19,20). The Labute approximate surface area is 136 Å². The molecule has 1 atom stereocenters. The summed E-state index contributed by atoms with van der Waals surface area (Å²) in [5.41, 5.74) is 1.90. The lowest BCUT2D eigenvalue weighted by Gasteiger charge is -2.12. The molecular weight excluding hydrogens is 298 g/mol. The summed E-state index contributed by atoms with van der Waals surface area (Å²) < 4.78 is 0. The Morgan fingerprint density at radius 2 is 2.14 bits per heavy atom. The van der Waals surface area contributed by atoms with Crippen molar-refractivity contribution in [3.05, 3.63) is 29.8 Å². The number of unbranched alkanes of at least 4 members (excludes halogenated alkanes) is 1. The van der Waals surface area contributed by atoms with Crippen LogP contribution in [0.4, 0.5) is 5.69 Å². The lowest BCUT2D eigenvalue weighted by Crippen LogP contribution is -2.20. The number of benzene rings is 1. The van der Waals surface area contributed by atoms with Gasteiger partial charge in [-0.15, -0.1) is 0 Å². The zero-order chi connectivity index (χ0) is 16.4. The van der Waals surface area contributed by atoms with E-state index in [1.165, 1.54) is 0 Å². The molecule has 0 aliphatic rings. The third-order valence-corrected chi connectivity index (χ3v) is 4.39. The zero-order valence-corrected chi connectivity index (χ0v) is 14.1. The molecule has 0 heterocycles. The number of hydrogen-bond donors (Lipinski definition) is 2. The normalized spacial score (nSPS) is 11.9. The number of hydrogen-bond acceptors (Lipinski definition) is 3. The molecule has 0 spiro atoms. The van der Waals surface area contributed by atoms with Gasteiger partial charge in [-0.1, -0.05) is 38.8 Å². The van der Waals surface area contributed by atoms with Gasteiger partial charge in [0.05, 0.1) is 6.42 Å². The van der Waals surface area contributed by atoms with Crippen LogP contribution in [0.1, 0.15) is 45.1 Å². The van der Waals surface area contributed by atoms with Crippen LogP contribution >= 0.6 is 11.8 Å². The fraction of sp³-hybridized carbons (Fsp3) is 0.529. The van der Waals surface area contributed by atoms with Crippen LogP contribution in [-0.4, -0.2) is 22.7 Å². The van der Waals surface area contributed by atoms with E-state index in [2.05, 4.69) is 12.2 Å². The van der Waals surface area contributed by atoms with Crippen LogP contribution in [0.15, 0.2) is 24.3 Å². The minimum atomic E-state index is -0.769. The Kier molecular flexibility index (Phi) is 8.67. The molecule has 4 nitrogen and oxygen atoms in total. The number of carbonyl (C=O) groups excluding carboxylic acids is 1. The SMILES string of the molecule is CCCCC(C)C(=O)Nc1cccc(CSCCC(=O)O)c1. The van der Waals surface area contributed by atoms with E-state index in [0.29, 0.717) is 5.75 Å². The van der Waals surface area contributed by atoms with E-state index < -0.39 is 5.97 Å². The molecule has 1 unspecified atom stereocenters. The van der Waals surface area contributed by atoms with Crippen molar-refractivity contribution in [2.24, 2.45) is 5.92 Å².